The third kappa shape index (κ3) is 3.15. The molecule has 0 spiro atoms. The summed E-state index contributed by atoms with van der Waals surface area (Å²) in [5, 5.41) is 2.89. The normalized spacial score (nSPS) is 21.4. The predicted octanol–water partition coefficient (Wildman–Crippen LogP) is 4.46. The van der Waals surface area contributed by atoms with Crippen molar-refractivity contribution in [1.82, 2.24) is 14.9 Å². The van der Waals surface area contributed by atoms with Crippen molar-refractivity contribution in [3.05, 3.63) is 29.3 Å². The van der Waals surface area contributed by atoms with E-state index in [1.54, 1.807) is 17.5 Å². The first kappa shape index (κ1) is 18.4. The van der Waals surface area contributed by atoms with Crippen molar-refractivity contribution in [2.24, 2.45) is 0 Å². The number of hydrogen-bond donors (Lipinski definition) is 0. The molecule has 3 aliphatic rings. The Morgan fingerprint density at radius 1 is 1.28 bits per heavy atom. The zero-order valence-electron chi connectivity index (χ0n) is 17.0. The lowest BCUT2D eigenvalue weighted by molar-refractivity contribution is -0.0386. The highest BCUT2D eigenvalue weighted by Gasteiger charge is 2.49. The van der Waals surface area contributed by atoms with Gasteiger partial charge < -0.3 is 14.1 Å². The van der Waals surface area contributed by atoms with E-state index >= 15 is 0 Å². The molecule has 29 heavy (non-hydrogen) atoms. The van der Waals surface area contributed by atoms with Gasteiger partial charge in [-0.25, -0.2) is 9.78 Å². The number of fused-ring (bicyclic) bond motifs is 3. The number of oxazole rings is 1. The summed E-state index contributed by atoms with van der Waals surface area (Å²) in [5.74, 6) is 0. The maximum atomic E-state index is 12.5. The van der Waals surface area contributed by atoms with E-state index in [0.717, 1.165) is 33.7 Å². The molecule has 1 amide bonds. The van der Waals surface area contributed by atoms with Crippen LogP contribution in [0, 0.1) is 6.92 Å². The summed E-state index contributed by atoms with van der Waals surface area (Å²) in [6, 6.07) is 4.99. The highest BCUT2D eigenvalue weighted by atomic mass is 32.1. The fourth-order valence-electron chi connectivity index (χ4n) is 4.16. The van der Waals surface area contributed by atoms with Gasteiger partial charge in [-0.2, -0.15) is 4.98 Å². The number of piperazine rings is 1. The summed E-state index contributed by atoms with van der Waals surface area (Å²) in [5.41, 5.74) is 3.21. The van der Waals surface area contributed by atoms with Crippen molar-refractivity contribution in [1.29, 1.82) is 0 Å². The minimum absolute atomic E-state index is 0.137. The first-order chi connectivity index (χ1) is 13.8. The van der Waals surface area contributed by atoms with Crippen LogP contribution >= 0.6 is 11.3 Å². The molecule has 2 atom stereocenters. The van der Waals surface area contributed by atoms with Gasteiger partial charge in [0.25, 0.3) is 6.01 Å². The van der Waals surface area contributed by atoms with Crippen LogP contribution in [0.15, 0.2) is 28.1 Å². The van der Waals surface area contributed by atoms with Gasteiger partial charge >= 0.3 is 6.09 Å². The average molecular weight is 413 g/mol. The maximum absolute atomic E-state index is 12.5. The maximum Gasteiger partial charge on any atom is 0.410 e. The highest BCUT2D eigenvalue weighted by molar-refractivity contribution is 7.13. The molecule has 2 bridgehead atoms. The van der Waals surface area contributed by atoms with Gasteiger partial charge in [-0.3, -0.25) is 4.90 Å². The Hall–Kier alpha value is -2.61. The third-order valence-electron chi connectivity index (χ3n) is 5.46. The topological polar surface area (TPSA) is 71.7 Å². The third-order valence-corrected chi connectivity index (χ3v) is 6.27. The van der Waals surface area contributed by atoms with Crippen LogP contribution in [-0.4, -0.2) is 51.7 Å². The summed E-state index contributed by atoms with van der Waals surface area (Å²) < 4.78 is 11.8. The van der Waals surface area contributed by atoms with E-state index in [-0.39, 0.29) is 18.2 Å². The van der Waals surface area contributed by atoms with Crippen LogP contribution in [0.2, 0.25) is 0 Å². The minimum atomic E-state index is -0.481. The van der Waals surface area contributed by atoms with Crippen molar-refractivity contribution in [3.63, 3.8) is 0 Å². The Bertz CT molecular complexity index is 1060. The van der Waals surface area contributed by atoms with E-state index in [1.165, 1.54) is 0 Å². The number of anilines is 1. The van der Waals surface area contributed by atoms with Crippen molar-refractivity contribution >= 4 is 34.5 Å². The Morgan fingerprint density at radius 2 is 2.03 bits per heavy atom. The van der Waals surface area contributed by atoms with Gasteiger partial charge in [-0.1, -0.05) is 6.07 Å². The van der Waals surface area contributed by atoms with Crippen LogP contribution in [0.1, 0.15) is 32.8 Å². The molecule has 1 aromatic carbocycles. The smallest absolute Gasteiger partial charge is 0.410 e. The lowest BCUT2D eigenvalue weighted by Crippen LogP contribution is -2.70. The number of aryl methyl sites for hydroxylation is 1. The predicted molar refractivity (Wildman–Crippen MR) is 112 cm³/mol. The van der Waals surface area contributed by atoms with Gasteiger partial charge in [-0.05, 0) is 45.7 Å². The van der Waals surface area contributed by atoms with E-state index in [0.29, 0.717) is 19.1 Å². The van der Waals surface area contributed by atoms with Crippen molar-refractivity contribution in [2.45, 2.75) is 51.8 Å². The molecule has 3 aromatic rings. The number of benzene rings is 1. The Labute approximate surface area is 173 Å². The molecule has 152 valence electrons. The molecular weight excluding hydrogens is 388 g/mol. The van der Waals surface area contributed by atoms with Crippen LogP contribution in [0.5, 0.6) is 0 Å². The zero-order valence-corrected chi connectivity index (χ0v) is 17.8. The summed E-state index contributed by atoms with van der Waals surface area (Å²) in [6.45, 7) is 9.13. The molecule has 6 rings (SSSR count). The number of ether oxygens (including phenoxy) is 1. The number of aromatic nitrogens is 2. The molecule has 3 aliphatic heterocycles. The van der Waals surface area contributed by atoms with Crippen LogP contribution in [0.4, 0.5) is 10.8 Å². The fraction of sp³-hybridized carbons (Fsp3) is 0.476. The number of carbonyl (C=O) groups excluding carboxylic acids is 1. The highest BCUT2D eigenvalue weighted by Crippen LogP contribution is 2.39. The minimum Gasteiger partial charge on any atom is -0.444 e. The quantitative estimate of drug-likeness (QED) is 0.619. The molecule has 3 fully saturated rings. The Kier molecular flexibility index (Phi) is 4.10. The van der Waals surface area contributed by atoms with E-state index in [1.807, 2.05) is 44.0 Å². The van der Waals surface area contributed by atoms with Crippen molar-refractivity contribution in [3.8, 4) is 10.6 Å². The number of nitrogens with zero attached hydrogens (tertiary/aromatic N) is 4. The number of rotatable bonds is 2. The summed E-state index contributed by atoms with van der Waals surface area (Å²) in [6.07, 6.45) is 2.57. The first-order valence-electron chi connectivity index (χ1n) is 9.86. The van der Waals surface area contributed by atoms with Gasteiger partial charge in [0.05, 0.1) is 17.6 Å². The van der Waals surface area contributed by atoms with Gasteiger partial charge in [0.15, 0.2) is 5.58 Å². The second kappa shape index (κ2) is 6.45. The molecule has 5 heterocycles. The lowest BCUT2D eigenvalue weighted by atomic mass is 9.88. The summed E-state index contributed by atoms with van der Waals surface area (Å²) in [4.78, 5) is 25.7. The zero-order chi connectivity index (χ0) is 20.3. The summed E-state index contributed by atoms with van der Waals surface area (Å²) >= 11 is 1.59. The van der Waals surface area contributed by atoms with Crippen LogP contribution in [0.3, 0.4) is 0 Å². The number of hydrogen-bond acceptors (Lipinski definition) is 7. The molecule has 2 unspecified atom stereocenters. The molecule has 3 saturated heterocycles. The number of amides is 1. The summed E-state index contributed by atoms with van der Waals surface area (Å²) in [7, 11) is 0. The fourth-order valence-corrected chi connectivity index (χ4v) is 4.82. The number of piperidine rings is 1. The molecule has 2 aromatic heterocycles. The standard InChI is InChI=1S/C21H24N4O3S/c1-12-5-6-15(18-22-7-8-29-18)17-16(12)23-19(27-17)24-10-13-9-14(11-24)25(13)20(26)28-21(2,3)4/h5-8,13-14H,9-11H2,1-4H3. The molecule has 7 nitrogen and oxygen atoms in total. The molecule has 0 aliphatic carbocycles. The number of carbonyl (C=O) groups is 1. The van der Waals surface area contributed by atoms with Gasteiger partial charge in [-0.15, -0.1) is 11.3 Å². The SMILES string of the molecule is Cc1ccc(-c2nccs2)c2oc(N3CC4CC(C3)N4C(=O)OC(C)(C)C)nc12. The van der Waals surface area contributed by atoms with Gasteiger partial charge in [0.2, 0.25) is 0 Å². The molecule has 0 saturated carbocycles. The molecular formula is C21H24N4O3S. The van der Waals surface area contributed by atoms with E-state index in [2.05, 4.69) is 16.0 Å². The molecule has 8 heteroatoms. The Balaban J connectivity index is 1.40. The van der Waals surface area contributed by atoms with Crippen LogP contribution in [-0.2, 0) is 4.74 Å². The van der Waals surface area contributed by atoms with Crippen molar-refractivity contribution in [2.75, 3.05) is 18.0 Å². The van der Waals surface area contributed by atoms with Crippen molar-refractivity contribution < 1.29 is 13.9 Å². The monoisotopic (exact) mass is 412 g/mol. The van der Waals surface area contributed by atoms with E-state index in [4.69, 9.17) is 14.1 Å². The number of thiazole rings is 1. The van der Waals surface area contributed by atoms with E-state index < -0.39 is 5.60 Å². The van der Waals surface area contributed by atoms with Gasteiger partial charge in [0, 0.05) is 24.7 Å². The Morgan fingerprint density at radius 3 is 2.69 bits per heavy atom. The molecule has 0 N–H and O–H groups in total. The second-order valence-electron chi connectivity index (χ2n) is 8.78. The first-order valence-corrected chi connectivity index (χ1v) is 10.7. The van der Waals surface area contributed by atoms with E-state index in [9.17, 15) is 4.79 Å². The second-order valence-corrected chi connectivity index (χ2v) is 9.67. The largest absolute Gasteiger partial charge is 0.444 e. The average Bonchev–Trinajstić information content (AvgIpc) is 3.31. The van der Waals surface area contributed by atoms with Gasteiger partial charge in [0.1, 0.15) is 16.1 Å². The van der Waals surface area contributed by atoms with Crippen LogP contribution in [0.25, 0.3) is 21.7 Å². The lowest BCUT2D eigenvalue weighted by Gasteiger charge is -2.55. The molecule has 0 radical (unpaired) electrons. The van der Waals surface area contributed by atoms with Crippen LogP contribution < -0.4 is 4.90 Å².